The normalized spacial score (nSPS) is 14.1. The van der Waals surface area contributed by atoms with Crippen LogP contribution >= 0.6 is 0 Å². The fourth-order valence-corrected chi connectivity index (χ4v) is 1.88. The second-order valence-corrected chi connectivity index (χ2v) is 5.59. The summed E-state index contributed by atoms with van der Waals surface area (Å²) in [4.78, 5) is 14.7. The maximum atomic E-state index is 12.8. The van der Waals surface area contributed by atoms with Gasteiger partial charge in [0, 0.05) is 12.7 Å². The van der Waals surface area contributed by atoms with Gasteiger partial charge in [0.1, 0.15) is 5.69 Å². The molecule has 0 spiro atoms. The van der Waals surface area contributed by atoms with Crippen molar-refractivity contribution < 1.29 is 18.0 Å². The molecule has 0 aliphatic heterocycles. The fourth-order valence-electron chi connectivity index (χ4n) is 1.88. The van der Waals surface area contributed by atoms with Crippen molar-refractivity contribution in [1.82, 2.24) is 10.3 Å². The Morgan fingerprint density at radius 1 is 1.40 bits per heavy atom. The van der Waals surface area contributed by atoms with Crippen LogP contribution in [0.3, 0.4) is 0 Å². The molecule has 1 heterocycles. The Bertz CT molecular complexity index is 480. The van der Waals surface area contributed by atoms with E-state index in [1.54, 1.807) is 20.8 Å². The first-order valence-corrected chi connectivity index (χ1v) is 6.07. The van der Waals surface area contributed by atoms with Crippen molar-refractivity contribution in [2.24, 2.45) is 11.1 Å². The molecule has 1 rings (SSSR count). The molecule has 0 saturated carbocycles. The molecule has 0 aromatic carbocycles. The number of aromatic nitrogens is 1. The summed E-state index contributed by atoms with van der Waals surface area (Å²) >= 11 is 0. The van der Waals surface area contributed by atoms with Gasteiger partial charge in [0.25, 0.3) is 0 Å². The van der Waals surface area contributed by atoms with Crippen molar-refractivity contribution in [3.05, 3.63) is 29.6 Å². The summed E-state index contributed by atoms with van der Waals surface area (Å²) in [5, 5.41) is 2.77. The van der Waals surface area contributed by atoms with Crippen molar-refractivity contribution in [2.45, 2.75) is 39.5 Å². The summed E-state index contributed by atoms with van der Waals surface area (Å²) < 4.78 is 38.4. The van der Waals surface area contributed by atoms with Crippen molar-refractivity contribution in [1.29, 1.82) is 0 Å². The molecule has 4 nitrogen and oxygen atoms in total. The highest BCUT2D eigenvalue weighted by molar-refractivity contribution is 5.80. The molecule has 0 radical (unpaired) electrons. The highest BCUT2D eigenvalue weighted by Gasteiger charge is 2.36. The minimum Gasteiger partial charge on any atom is -0.368 e. The minimum atomic E-state index is -4.53. The van der Waals surface area contributed by atoms with E-state index in [4.69, 9.17) is 5.73 Å². The molecule has 0 aliphatic rings. The third kappa shape index (κ3) is 4.19. The molecule has 3 N–H and O–H groups in total. The summed E-state index contributed by atoms with van der Waals surface area (Å²) in [6.07, 6.45) is -3.44. The number of primary amides is 1. The van der Waals surface area contributed by atoms with Crippen LogP contribution in [0.4, 0.5) is 13.2 Å². The smallest absolute Gasteiger partial charge is 0.368 e. The van der Waals surface area contributed by atoms with E-state index >= 15 is 0 Å². The van der Waals surface area contributed by atoms with Gasteiger partial charge in [-0.1, -0.05) is 26.8 Å². The summed E-state index contributed by atoms with van der Waals surface area (Å²) in [6, 6.07) is 2.01. The standard InChI is InChI=1S/C13H18F3N3O/c1-12(2,3)10(11(17)20)19-7-8-5-4-6-18-9(8)13(14,15)16/h4-6,10,19H,7H2,1-3H3,(H2,17,20)/t10-/m1/s1. The van der Waals surface area contributed by atoms with Crippen LogP contribution in [0.15, 0.2) is 18.3 Å². The van der Waals surface area contributed by atoms with Gasteiger partial charge in [-0.2, -0.15) is 13.2 Å². The van der Waals surface area contributed by atoms with E-state index in [1.165, 1.54) is 12.1 Å². The number of nitrogens with one attached hydrogen (secondary N) is 1. The van der Waals surface area contributed by atoms with Crippen molar-refractivity contribution in [2.75, 3.05) is 0 Å². The maximum absolute atomic E-state index is 12.8. The summed E-state index contributed by atoms with van der Waals surface area (Å²) in [7, 11) is 0. The first-order valence-electron chi connectivity index (χ1n) is 6.07. The third-order valence-electron chi connectivity index (χ3n) is 2.81. The lowest BCUT2D eigenvalue weighted by Gasteiger charge is -2.29. The molecule has 0 unspecified atom stereocenters. The largest absolute Gasteiger partial charge is 0.433 e. The molecule has 1 aromatic rings. The second-order valence-electron chi connectivity index (χ2n) is 5.59. The molecule has 0 fully saturated rings. The number of hydrogen-bond donors (Lipinski definition) is 2. The number of carbonyl (C=O) groups excluding carboxylic acids is 1. The lowest BCUT2D eigenvalue weighted by atomic mass is 9.86. The first kappa shape index (κ1) is 16.4. The van der Waals surface area contributed by atoms with E-state index in [1.807, 2.05) is 0 Å². The molecule has 20 heavy (non-hydrogen) atoms. The van der Waals surface area contributed by atoms with E-state index < -0.39 is 29.2 Å². The Balaban J connectivity index is 2.93. The molecule has 1 atom stereocenters. The number of halogens is 3. The van der Waals surface area contributed by atoms with Crippen molar-refractivity contribution >= 4 is 5.91 Å². The highest BCUT2D eigenvalue weighted by Crippen LogP contribution is 2.30. The number of pyridine rings is 1. The Hall–Kier alpha value is -1.63. The average Bonchev–Trinajstić information content (AvgIpc) is 2.26. The monoisotopic (exact) mass is 289 g/mol. The van der Waals surface area contributed by atoms with Crippen molar-refractivity contribution in [3.8, 4) is 0 Å². The van der Waals surface area contributed by atoms with Gasteiger partial charge in [-0.25, -0.2) is 0 Å². The van der Waals surface area contributed by atoms with E-state index in [2.05, 4.69) is 10.3 Å². The SMILES string of the molecule is CC(C)(C)[C@H](NCc1cccnc1C(F)(F)F)C(N)=O. The third-order valence-corrected chi connectivity index (χ3v) is 2.81. The van der Waals surface area contributed by atoms with Crippen LogP contribution in [-0.2, 0) is 17.5 Å². The Labute approximate surface area is 115 Å². The maximum Gasteiger partial charge on any atom is 0.433 e. The molecule has 1 amide bonds. The van der Waals surface area contributed by atoms with Crippen LogP contribution in [0, 0.1) is 5.41 Å². The quantitative estimate of drug-likeness (QED) is 0.892. The van der Waals surface area contributed by atoms with Gasteiger partial charge in [0.15, 0.2) is 0 Å². The average molecular weight is 289 g/mol. The highest BCUT2D eigenvalue weighted by atomic mass is 19.4. The molecular formula is C13H18F3N3O. The van der Waals surface area contributed by atoms with E-state index in [0.717, 1.165) is 6.20 Å². The molecular weight excluding hydrogens is 271 g/mol. The molecule has 1 aromatic heterocycles. The number of nitrogens with two attached hydrogens (primary N) is 1. The number of carbonyl (C=O) groups is 1. The van der Waals surface area contributed by atoms with Crippen molar-refractivity contribution in [3.63, 3.8) is 0 Å². The van der Waals surface area contributed by atoms with Crippen LogP contribution in [-0.4, -0.2) is 16.9 Å². The van der Waals surface area contributed by atoms with Gasteiger partial charge in [-0.15, -0.1) is 0 Å². The summed E-state index contributed by atoms with van der Waals surface area (Å²) in [5.74, 6) is -0.602. The zero-order valence-electron chi connectivity index (χ0n) is 11.6. The molecule has 0 saturated heterocycles. The van der Waals surface area contributed by atoms with Gasteiger partial charge in [0.05, 0.1) is 6.04 Å². The van der Waals surface area contributed by atoms with E-state index in [9.17, 15) is 18.0 Å². The van der Waals surface area contributed by atoms with Crippen LogP contribution in [0.1, 0.15) is 32.0 Å². The lowest BCUT2D eigenvalue weighted by Crippen LogP contribution is -2.49. The Morgan fingerprint density at radius 3 is 2.45 bits per heavy atom. The summed E-state index contributed by atoms with van der Waals surface area (Å²) in [5.41, 5.74) is 3.81. The predicted molar refractivity (Wildman–Crippen MR) is 68.5 cm³/mol. The summed E-state index contributed by atoms with van der Waals surface area (Å²) in [6.45, 7) is 5.21. The molecule has 7 heteroatoms. The number of hydrogen-bond acceptors (Lipinski definition) is 3. The Kier molecular flexibility index (Phi) is 4.75. The second kappa shape index (κ2) is 5.78. The molecule has 112 valence electrons. The van der Waals surface area contributed by atoms with Crippen LogP contribution in [0.5, 0.6) is 0 Å². The molecule has 0 aliphatic carbocycles. The van der Waals surface area contributed by atoms with Gasteiger partial charge in [-0.05, 0) is 17.0 Å². The van der Waals surface area contributed by atoms with E-state index in [-0.39, 0.29) is 12.1 Å². The van der Waals surface area contributed by atoms with Gasteiger partial charge < -0.3 is 11.1 Å². The zero-order valence-corrected chi connectivity index (χ0v) is 11.6. The zero-order chi connectivity index (χ0) is 15.6. The number of rotatable bonds is 4. The van der Waals surface area contributed by atoms with Gasteiger partial charge >= 0.3 is 6.18 Å². The number of alkyl halides is 3. The first-order chi connectivity index (χ1) is 9.03. The minimum absolute atomic E-state index is 0.0181. The van der Waals surface area contributed by atoms with Gasteiger partial charge in [0.2, 0.25) is 5.91 Å². The molecule has 0 bridgehead atoms. The Morgan fingerprint density at radius 2 is 2.00 bits per heavy atom. The topological polar surface area (TPSA) is 68.0 Å². The van der Waals surface area contributed by atoms with Crippen LogP contribution in [0.25, 0.3) is 0 Å². The van der Waals surface area contributed by atoms with Crippen LogP contribution in [0.2, 0.25) is 0 Å². The number of amides is 1. The predicted octanol–water partition coefficient (Wildman–Crippen LogP) is 2.09. The van der Waals surface area contributed by atoms with E-state index in [0.29, 0.717) is 0 Å². The van der Waals surface area contributed by atoms with Gasteiger partial charge in [-0.3, -0.25) is 9.78 Å². The fraction of sp³-hybridized carbons (Fsp3) is 0.538. The van der Waals surface area contributed by atoms with Crippen LogP contribution < -0.4 is 11.1 Å². The lowest BCUT2D eigenvalue weighted by molar-refractivity contribution is -0.141. The number of nitrogens with zero attached hydrogens (tertiary/aromatic N) is 1.